The predicted octanol–water partition coefficient (Wildman–Crippen LogP) is 7.06. The number of halogens is 7. The summed E-state index contributed by atoms with van der Waals surface area (Å²) >= 11 is 6.39. The molecule has 1 fully saturated rings. The van der Waals surface area contributed by atoms with Crippen molar-refractivity contribution < 1.29 is 45.5 Å². The van der Waals surface area contributed by atoms with Gasteiger partial charge in [-0.25, -0.2) is 9.78 Å². The Bertz CT molecular complexity index is 1670. The van der Waals surface area contributed by atoms with Crippen LogP contribution in [0.4, 0.5) is 54.3 Å². The molecule has 6 bridgehead atoms. The van der Waals surface area contributed by atoms with E-state index in [2.05, 4.69) is 50.2 Å². The summed E-state index contributed by atoms with van der Waals surface area (Å²) in [4.78, 5) is 42.4. The third-order valence-corrected chi connectivity index (χ3v) is 7.50. The second-order valence-corrected chi connectivity index (χ2v) is 12.7. The predicted molar refractivity (Wildman–Crippen MR) is 169 cm³/mol. The zero-order chi connectivity index (χ0) is 36.1. The Morgan fingerprint density at radius 2 is 1.63 bits per heavy atom. The Balaban J connectivity index is 0.000000386. The van der Waals surface area contributed by atoms with E-state index in [0.29, 0.717) is 29.9 Å². The van der Waals surface area contributed by atoms with Crippen LogP contribution in [-0.2, 0) is 33.7 Å². The van der Waals surface area contributed by atoms with E-state index in [9.17, 15) is 40.7 Å². The maximum Gasteiger partial charge on any atom is 0.458 e. The highest BCUT2D eigenvalue weighted by Crippen LogP contribution is 2.29. The van der Waals surface area contributed by atoms with Crippen LogP contribution in [0.15, 0.2) is 48.7 Å². The highest BCUT2D eigenvalue weighted by atomic mass is 35.5. The molecule has 0 unspecified atom stereocenters. The first kappa shape index (κ1) is 37.4. The smallest absolute Gasteiger partial charge is 0.444 e. The number of alkyl halides is 6. The van der Waals surface area contributed by atoms with Crippen LogP contribution in [0.3, 0.4) is 0 Å². The van der Waals surface area contributed by atoms with Gasteiger partial charge in [-0.1, -0.05) is 29.8 Å². The molecule has 17 heteroatoms. The van der Waals surface area contributed by atoms with Crippen molar-refractivity contribution in [3.05, 3.63) is 70.4 Å². The largest absolute Gasteiger partial charge is 0.458 e. The van der Waals surface area contributed by atoms with Crippen molar-refractivity contribution in [3.8, 4) is 0 Å². The number of rotatable bonds is 4. The van der Waals surface area contributed by atoms with Gasteiger partial charge in [0.1, 0.15) is 10.6 Å². The highest BCUT2D eigenvalue weighted by molar-refractivity contribution is 6.41. The fourth-order valence-electron chi connectivity index (χ4n) is 4.90. The molecular weight excluding hydrogens is 682 g/mol. The summed E-state index contributed by atoms with van der Waals surface area (Å²) in [7, 11) is 0. The lowest BCUT2D eigenvalue weighted by molar-refractivity contribution is -0.193. The van der Waals surface area contributed by atoms with E-state index in [1.165, 1.54) is 16.7 Å². The van der Waals surface area contributed by atoms with Gasteiger partial charge in [0.2, 0.25) is 5.95 Å². The molecule has 1 amide bonds. The van der Waals surface area contributed by atoms with Crippen LogP contribution in [0.25, 0.3) is 0 Å². The van der Waals surface area contributed by atoms with Gasteiger partial charge in [0, 0.05) is 37.1 Å². The third-order valence-electron chi connectivity index (χ3n) is 7.22. The number of aryl methyl sites for hydroxylation is 2. The fourth-order valence-corrected chi connectivity index (χ4v) is 5.04. The molecule has 2 aromatic carbocycles. The van der Waals surface area contributed by atoms with Gasteiger partial charge in [0.25, 0.3) is 0 Å². The number of anilines is 4. The van der Waals surface area contributed by atoms with Crippen molar-refractivity contribution in [2.75, 3.05) is 23.7 Å². The van der Waals surface area contributed by atoms with E-state index in [-0.39, 0.29) is 12.1 Å². The molecular formula is C32H33ClF6N6O4. The third kappa shape index (κ3) is 10.8. The maximum absolute atomic E-state index is 12.4. The molecule has 5 rings (SSSR count). The van der Waals surface area contributed by atoms with E-state index in [1.54, 1.807) is 11.1 Å². The number of likely N-dealkylation sites (tertiary alicyclic amines) is 1. The summed E-state index contributed by atoms with van der Waals surface area (Å²) in [6.45, 7) is 7.76. The van der Waals surface area contributed by atoms with Gasteiger partial charge in [0.15, 0.2) is 5.82 Å². The van der Waals surface area contributed by atoms with E-state index in [4.69, 9.17) is 16.3 Å². The van der Waals surface area contributed by atoms with Crippen molar-refractivity contribution in [2.45, 2.75) is 70.6 Å². The van der Waals surface area contributed by atoms with E-state index >= 15 is 0 Å². The SMILES string of the molecule is CC(C)(C)OC(=O)N1CC[C@H](NCc2ccc3cc2CCc2cccc(c2)Nc2ncc(Cl)c(n2)N3)C1.O=C(C(=O)C(F)(F)F)C(F)(F)F. The normalized spacial score (nSPS) is 16.0. The van der Waals surface area contributed by atoms with Crippen molar-refractivity contribution in [2.24, 2.45) is 0 Å². The molecule has 2 aliphatic heterocycles. The Hall–Kier alpha value is -4.44. The molecule has 2 aliphatic rings. The topological polar surface area (TPSA) is 126 Å². The number of nitrogens with zero attached hydrogens (tertiary/aromatic N) is 3. The molecule has 1 atom stereocenters. The van der Waals surface area contributed by atoms with Crippen molar-refractivity contribution in [3.63, 3.8) is 0 Å². The van der Waals surface area contributed by atoms with Gasteiger partial charge in [-0.05, 0) is 81.0 Å². The number of fused-ring (bicyclic) bond motifs is 6. The summed E-state index contributed by atoms with van der Waals surface area (Å²) in [5, 5.41) is 10.7. The van der Waals surface area contributed by atoms with Crippen LogP contribution in [0.1, 0.15) is 43.9 Å². The lowest BCUT2D eigenvalue weighted by atomic mass is 9.98. The second-order valence-electron chi connectivity index (χ2n) is 12.3. The maximum atomic E-state index is 12.4. The van der Waals surface area contributed by atoms with Crippen LogP contribution in [-0.4, -0.2) is 69.6 Å². The number of amides is 1. The Morgan fingerprint density at radius 3 is 2.29 bits per heavy atom. The van der Waals surface area contributed by atoms with Crippen molar-refractivity contribution >= 4 is 52.4 Å². The number of aromatic nitrogens is 2. The molecule has 0 radical (unpaired) electrons. The molecule has 49 heavy (non-hydrogen) atoms. The zero-order valence-corrected chi connectivity index (χ0v) is 27.3. The molecule has 264 valence electrons. The van der Waals surface area contributed by atoms with E-state index < -0.39 is 29.5 Å². The van der Waals surface area contributed by atoms with Crippen LogP contribution < -0.4 is 16.0 Å². The second kappa shape index (κ2) is 15.0. The van der Waals surface area contributed by atoms with Gasteiger partial charge in [0.05, 0.1) is 6.20 Å². The van der Waals surface area contributed by atoms with Gasteiger partial charge in [-0.2, -0.15) is 31.3 Å². The summed E-state index contributed by atoms with van der Waals surface area (Å²) in [6.07, 6.45) is -7.48. The number of carbonyl (C=O) groups excluding carboxylic acids is 3. The van der Waals surface area contributed by atoms with Gasteiger partial charge >= 0.3 is 30.0 Å². The number of benzene rings is 2. The Kier molecular flexibility index (Phi) is 11.4. The van der Waals surface area contributed by atoms with Crippen molar-refractivity contribution in [1.29, 1.82) is 0 Å². The monoisotopic (exact) mass is 714 g/mol. The van der Waals surface area contributed by atoms with E-state index in [1.807, 2.05) is 39.0 Å². The number of nitrogens with one attached hydrogen (secondary N) is 3. The van der Waals surface area contributed by atoms with Crippen LogP contribution in [0, 0.1) is 0 Å². The van der Waals surface area contributed by atoms with E-state index in [0.717, 1.165) is 37.2 Å². The number of Topliss-reactive ketones (excluding diaryl/α,β-unsaturated/α-hetero) is 2. The minimum Gasteiger partial charge on any atom is -0.444 e. The first-order chi connectivity index (χ1) is 22.8. The minimum absolute atomic E-state index is 0.230. The first-order valence-electron chi connectivity index (χ1n) is 15.0. The average molecular weight is 715 g/mol. The lowest BCUT2D eigenvalue weighted by Gasteiger charge is -2.24. The standard InChI is InChI=1S/C28H33ClN6O2.C4F6O2/c1-28(2,3)37-27(36)35-12-11-23(17-35)30-15-20-9-10-22-14-19(20)8-7-18-5-4-6-21(13-18)33-26-31-16-24(29)25(32-22)34-26;5-3(6,7)1(11)2(12)4(8,9)10/h4-6,9-10,13-14,16,23,30H,7-8,11-12,15,17H2,1-3H3,(H2,31,32,33,34);/t23-;/m0./s1. The van der Waals surface area contributed by atoms with Gasteiger partial charge < -0.3 is 25.6 Å². The average Bonchev–Trinajstić information content (AvgIpc) is 3.48. The molecule has 3 N–H and O–H groups in total. The van der Waals surface area contributed by atoms with Gasteiger partial charge in [-0.3, -0.25) is 9.59 Å². The number of ketones is 2. The van der Waals surface area contributed by atoms with Gasteiger partial charge in [-0.15, -0.1) is 0 Å². The number of hydrogen-bond donors (Lipinski definition) is 3. The fraction of sp³-hybridized carbons (Fsp3) is 0.406. The minimum atomic E-state index is -5.77. The molecule has 3 aromatic rings. The first-order valence-corrected chi connectivity index (χ1v) is 15.4. The molecule has 10 nitrogen and oxygen atoms in total. The summed E-state index contributed by atoms with van der Waals surface area (Å²) in [5.74, 6) is -5.77. The summed E-state index contributed by atoms with van der Waals surface area (Å²) in [5.41, 5.74) is 5.10. The number of ether oxygens (including phenoxy) is 1. The summed E-state index contributed by atoms with van der Waals surface area (Å²) in [6, 6.07) is 14.9. The van der Waals surface area contributed by atoms with Crippen molar-refractivity contribution in [1.82, 2.24) is 20.2 Å². The molecule has 1 saturated heterocycles. The zero-order valence-electron chi connectivity index (χ0n) is 26.6. The highest BCUT2D eigenvalue weighted by Gasteiger charge is 2.54. The molecule has 1 aromatic heterocycles. The molecule has 3 heterocycles. The number of hydrogen-bond acceptors (Lipinski definition) is 9. The summed E-state index contributed by atoms with van der Waals surface area (Å²) < 4.78 is 72.5. The molecule has 0 aliphatic carbocycles. The Morgan fingerprint density at radius 1 is 0.959 bits per heavy atom. The molecule has 0 spiro atoms. The van der Waals surface area contributed by atoms with Crippen LogP contribution in [0.2, 0.25) is 5.02 Å². The lowest BCUT2D eigenvalue weighted by Crippen LogP contribution is -2.39. The molecule has 0 saturated carbocycles. The Labute approximate surface area is 282 Å². The number of carbonyl (C=O) groups is 3. The quantitative estimate of drug-likeness (QED) is 0.192. The van der Waals surface area contributed by atoms with Crippen LogP contribution >= 0.6 is 11.6 Å². The van der Waals surface area contributed by atoms with Crippen LogP contribution in [0.5, 0.6) is 0 Å².